The first-order valence-electron chi connectivity index (χ1n) is 8.91. The van der Waals surface area contributed by atoms with Gasteiger partial charge in [0, 0.05) is 5.56 Å². The number of nitrogens with zero attached hydrogens (tertiary/aromatic N) is 4. The molecular formula is C20H18N4O3S2. The molecule has 0 radical (unpaired) electrons. The molecule has 0 amide bonds. The highest BCUT2D eigenvalue weighted by atomic mass is 32.2. The van der Waals surface area contributed by atoms with Gasteiger partial charge in [0.25, 0.3) is 11.8 Å². The maximum atomic E-state index is 12.3. The van der Waals surface area contributed by atoms with Gasteiger partial charge in [-0.2, -0.15) is 0 Å². The van der Waals surface area contributed by atoms with Crippen molar-refractivity contribution in [2.45, 2.75) is 30.9 Å². The monoisotopic (exact) mass is 426 g/mol. The average Bonchev–Trinajstić information content (AvgIpc) is 3.37. The van der Waals surface area contributed by atoms with Crippen LogP contribution >= 0.6 is 11.3 Å². The molecule has 0 N–H and O–H groups in total. The van der Waals surface area contributed by atoms with Gasteiger partial charge in [-0.05, 0) is 49.9 Å². The van der Waals surface area contributed by atoms with Crippen molar-refractivity contribution < 1.29 is 12.8 Å². The SMILES string of the molecule is Cc1ccsc1-c1nnc(-c2cncc(-c3ccc(S(=O)(=O)C(C)C)cc3)n2)o1. The van der Waals surface area contributed by atoms with Crippen molar-refractivity contribution in [3.63, 3.8) is 0 Å². The summed E-state index contributed by atoms with van der Waals surface area (Å²) < 4.78 is 30.4. The highest BCUT2D eigenvalue weighted by Crippen LogP contribution is 2.30. The maximum Gasteiger partial charge on any atom is 0.268 e. The van der Waals surface area contributed by atoms with E-state index in [1.54, 1.807) is 50.5 Å². The molecule has 0 saturated heterocycles. The summed E-state index contributed by atoms with van der Waals surface area (Å²) in [6, 6.07) is 8.61. The molecule has 3 aromatic heterocycles. The molecule has 29 heavy (non-hydrogen) atoms. The Morgan fingerprint density at radius 3 is 2.31 bits per heavy atom. The van der Waals surface area contributed by atoms with E-state index < -0.39 is 15.1 Å². The van der Waals surface area contributed by atoms with Gasteiger partial charge in [0.1, 0.15) is 5.69 Å². The Labute approximate surface area is 172 Å². The van der Waals surface area contributed by atoms with Gasteiger partial charge in [-0.25, -0.2) is 13.4 Å². The van der Waals surface area contributed by atoms with E-state index in [4.69, 9.17) is 4.42 Å². The van der Waals surface area contributed by atoms with Crippen molar-refractivity contribution in [2.75, 3.05) is 0 Å². The van der Waals surface area contributed by atoms with Crippen molar-refractivity contribution in [1.29, 1.82) is 0 Å². The minimum absolute atomic E-state index is 0.279. The lowest BCUT2D eigenvalue weighted by Crippen LogP contribution is -2.13. The molecule has 0 aliphatic carbocycles. The smallest absolute Gasteiger partial charge is 0.268 e. The Hall–Kier alpha value is -2.91. The number of benzene rings is 1. The van der Waals surface area contributed by atoms with Crippen LogP contribution in [-0.2, 0) is 9.84 Å². The number of hydrogen-bond acceptors (Lipinski definition) is 8. The standard InChI is InChI=1S/C20H18N4O3S2/c1-12(2)29(25,26)15-6-4-14(5-7-15)16-10-21-11-17(22-16)19-23-24-20(27-19)18-13(3)8-9-28-18/h4-12H,1-3H3. The fraction of sp³-hybridized carbons (Fsp3) is 0.200. The Balaban J connectivity index is 1.65. The normalized spacial score (nSPS) is 11.9. The molecule has 4 rings (SSSR count). The van der Waals surface area contributed by atoms with Gasteiger partial charge in [0.15, 0.2) is 9.84 Å². The zero-order chi connectivity index (χ0) is 20.6. The van der Waals surface area contributed by atoms with E-state index in [0.29, 0.717) is 17.3 Å². The Morgan fingerprint density at radius 1 is 0.966 bits per heavy atom. The molecule has 0 bridgehead atoms. The number of aromatic nitrogens is 4. The predicted octanol–water partition coefficient (Wildman–Crippen LogP) is 4.41. The Morgan fingerprint density at radius 2 is 1.66 bits per heavy atom. The largest absolute Gasteiger partial charge is 0.414 e. The lowest BCUT2D eigenvalue weighted by molar-refractivity contribution is 0.583. The molecule has 0 atom stereocenters. The summed E-state index contributed by atoms with van der Waals surface area (Å²) in [4.78, 5) is 9.98. The van der Waals surface area contributed by atoms with Gasteiger partial charge in [0.2, 0.25) is 0 Å². The van der Waals surface area contributed by atoms with Crippen LogP contribution in [-0.4, -0.2) is 33.8 Å². The molecule has 0 aliphatic heterocycles. The van der Waals surface area contributed by atoms with E-state index in [-0.39, 0.29) is 10.8 Å². The zero-order valence-corrected chi connectivity index (χ0v) is 17.7. The second-order valence-corrected chi connectivity index (χ2v) is 10.2. The third-order valence-electron chi connectivity index (χ3n) is 4.43. The molecule has 7 nitrogen and oxygen atoms in total. The quantitative estimate of drug-likeness (QED) is 0.466. The molecule has 1 aromatic carbocycles. The first kappa shape index (κ1) is 19.4. The third kappa shape index (κ3) is 3.70. The van der Waals surface area contributed by atoms with Crippen LogP contribution in [0.1, 0.15) is 19.4 Å². The first-order valence-corrected chi connectivity index (χ1v) is 11.3. The predicted molar refractivity (Wildman–Crippen MR) is 111 cm³/mol. The van der Waals surface area contributed by atoms with Crippen LogP contribution < -0.4 is 0 Å². The summed E-state index contributed by atoms with van der Waals surface area (Å²) in [7, 11) is -3.32. The third-order valence-corrected chi connectivity index (χ3v) is 7.61. The van der Waals surface area contributed by atoms with Crippen LogP contribution in [0.15, 0.2) is 57.4 Å². The van der Waals surface area contributed by atoms with Gasteiger partial charge in [-0.1, -0.05) is 12.1 Å². The molecule has 9 heteroatoms. The van der Waals surface area contributed by atoms with Crippen molar-refractivity contribution >= 4 is 21.2 Å². The van der Waals surface area contributed by atoms with Crippen LogP contribution in [0, 0.1) is 6.92 Å². The molecule has 0 saturated carbocycles. The molecule has 148 valence electrons. The van der Waals surface area contributed by atoms with Gasteiger partial charge in [-0.3, -0.25) is 4.98 Å². The fourth-order valence-corrected chi connectivity index (χ4v) is 4.61. The lowest BCUT2D eigenvalue weighted by atomic mass is 10.1. The first-order chi connectivity index (χ1) is 13.9. The van der Waals surface area contributed by atoms with E-state index in [1.807, 2.05) is 18.4 Å². The van der Waals surface area contributed by atoms with Crippen molar-refractivity contribution in [1.82, 2.24) is 20.2 Å². The lowest BCUT2D eigenvalue weighted by Gasteiger charge is -2.08. The van der Waals surface area contributed by atoms with Crippen molar-refractivity contribution in [2.24, 2.45) is 0 Å². The number of hydrogen-bond donors (Lipinski definition) is 0. The topological polar surface area (TPSA) is 98.8 Å². The Bertz CT molecular complexity index is 1260. The van der Waals surface area contributed by atoms with E-state index >= 15 is 0 Å². The van der Waals surface area contributed by atoms with Gasteiger partial charge >= 0.3 is 0 Å². The number of thiophene rings is 1. The van der Waals surface area contributed by atoms with Crippen LogP contribution in [0.2, 0.25) is 0 Å². The van der Waals surface area contributed by atoms with E-state index in [1.165, 1.54) is 11.3 Å². The van der Waals surface area contributed by atoms with E-state index in [9.17, 15) is 8.42 Å². The minimum Gasteiger partial charge on any atom is -0.414 e. The molecule has 0 aliphatic rings. The molecule has 0 fully saturated rings. The molecular weight excluding hydrogens is 408 g/mol. The zero-order valence-electron chi connectivity index (χ0n) is 16.0. The second-order valence-electron chi connectivity index (χ2n) is 6.75. The van der Waals surface area contributed by atoms with E-state index in [0.717, 1.165) is 16.0 Å². The average molecular weight is 427 g/mol. The summed E-state index contributed by atoms with van der Waals surface area (Å²) >= 11 is 1.53. The highest BCUT2D eigenvalue weighted by molar-refractivity contribution is 7.92. The van der Waals surface area contributed by atoms with Gasteiger partial charge in [0.05, 0.1) is 33.1 Å². The van der Waals surface area contributed by atoms with E-state index in [2.05, 4.69) is 20.2 Å². The number of sulfone groups is 1. The molecule has 4 aromatic rings. The van der Waals surface area contributed by atoms with Crippen molar-refractivity contribution in [3.05, 3.63) is 53.7 Å². The van der Waals surface area contributed by atoms with Gasteiger partial charge in [-0.15, -0.1) is 21.5 Å². The number of aryl methyl sites for hydroxylation is 1. The van der Waals surface area contributed by atoms with Gasteiger partial charge < -0.3 is 4.42 Å². The molecule has 0 spiro atoms. The van der Waals surface area contributed by atoms with Crippen LogP contribution in [0.25, 0.3) is 33.6 Å². The summed E-state index contributed by atoms with van der Waals surface area (Å²) in [6.07, 6.45) is 3.16. The molecule has 0 unspecified atom stereocenters. The fourth-order valence-electron chi connectivity index (χ4n) is 2.71. The van der Waals surface area contributed by atoms with Crippen molar-refractivity contribution in [3.8, 4) is 33.6 Å². The molecule has 3 heterocycles. The summed E-state index contributed by atoms with van der Waals surface area (Å²) in [6.45, 7) is 5.31. The van der Waals surface area contributed by atoms with Crippen LogP contribution in [0.4, 0.5) is 0 Å². The highest BCUT2D eigenvalue weighted by Gasteiger charge is 2.19. The summed E-state index contributed by atoms with van der Waals surface area (Å²) in [5.41, 5.74) is 2.86. The summed E-state index contributed by atoms with van der Waals surface area (Å²) in [5, 5.41) is 9.70. The van der Waals surface area contributed by atoms with Crippen LogP contribution in [0.3, 0.4) is 0 Å². The number of rotatable bonds is 5. The van der Waals surface area contributed by atoms with Crippen LogP contribution in [0.5, 0.6) is 0 Å². The Kier molecular flexibility index (Phi) is 5.01. The minimum atomic E-state index is -3.32. The second kappa shape index (κ2) is 7.49. The maximum absolute atomic E-state index is 12.3. The summed E-state index contributed by atoms with van der Waals surface area (Å²) in [5.74, 6) is 0.726.